The zero-order valence-electron chi connectivity index (χ0n) is 14.7. The van der Waals surface area contributed by atoms with Crippen molar-refractivity contribution in [3.8, 4) is 5.75 Å². The minimum Gasteiger partial charge on any atom is -0.490 e. The number of nitrogens with zero attached hydrogens (tertiary/aromatic N) is 1. The third kappa shape index (κ3) is 4.54. The normalized spacial score (nSPS) is 17.1. The summed E-state index contributed by atoms with van der Waals surface area (Å²) in [6, 6.07) is 15.4. The van der Waals surface area contributed by atoms with E-state index in [4.69, 9.17) is 10.5 Å². The number of nitrogens with two attached hydrogens (primary N) is 1. The molecule has 2 aromatic rings. The molecule has 1 fully saturated rings. The van der Waals surface area contributed by atoms with Gasteiger partial charge in [0, 0.05) is 25.9 Å². The molecule has 1 amide bonds. The van der Waals surface area contributed by atoms with Crippen LogP contribution in [-0.2, 0) is 10.3 Å². The molecule has 2 aromatic carbocycles. The summed E-state index contributed by atoms with van der Waals surface area (Å²) in [5.41, 5.74) is 6.10. The second-order valence-corrected chi connectivity index (χ2v) is 6.63. The smallest absolute Gasteiger partial charge is 0.246 e. The summed E-state index contributed by atoms with van der Waals surface area (Å²) in [7, 11) is 0. The third-order valence-corrected chi connectivity index (χ3v) is 4.66. The zero-order valence-corrected chi connectivity index (χ0v) is 15.5. The van der Waals surface area contributed by atoms with E-state index in [2.05, 4.69) is 0 Å². The Morgan fingerprint density at radius 3 is 2.27 bits per heavy atom. The van der Waals surface area contributed by atoms with Gasteiger partial charge in [0.1, 0.15) is 23.2 Å². The lowest BCUT2D eigenvalue weighted by Crippen LogP contribution is -2.53. The second kappa shape index (κ2) is 8.52. The maximum Gasteiger partial charge on any atom is 0.246 e. The summed E-state index contributed by atoms with van der Waals surface area (Å²) >= 11 is 0. The van der Waals surface area contributed by atoms with Crippen molar-refractivity contribution in [2.24, 2.45) is 5.73 Å². The summed E-state index contributed by atoms with van der Waals surface area (Å²) in [6.45, 7) is 2.96. The Hall–Kier alpha value is -2.11. The molecule has 0 radical (unpaired) electrons. The SMILES string of the molecule is CC(N)(C(=O)N1CCC(Oc2ccc(F)cc2)CC1)c1ccccc1.Cl. The number of piperidine rings is 1. The third-order valence-electron chi connectivity index (χ3n) is 4.66. The van der Waals surface area contributed by atoms with Crippen LogP contribution in [0.1, 0.15) is 25.3 Å². The molecule has 1 heterocycles. The predicted molar refractivity (Wildman–Crippen MR) is 102 cm³/mol. The Balaban J connectivity index is 0.00000243. The van der Waals surface area contributed by atoms with Gasteiger partial charge in [-0.25, -0.2) is 4.39 Å². The molecule has 4 nitrogen and oxygen atoms in total. The number of hydrogen-bond donors (Lipinski definition) is 1. The van der Waals surface area contributed by atoms with Crippen LogP contribution in [0.5, 0.6) is 5.75 Å². The van der Waals surface area contributed by atoms with Crippen LogP contribution < -0.4 is 10.5 Å². The number of carbonyl (C=O) groups is 1. The molecule has 0 aromatic heterocycles. The van der Waals surface area contributed by atoms with Crippen molar-refractivity contribution in [2.75, 3.05) is 13.1 Å². The van der Waals surface area contributed by atoms with Crippen molar-refractivity contribution in [3.63, 3.8) is 0 Å². The van der Waals surface area contributed by atoms with Crippen LogP contribution in [0.3, 0.4) is 0 Å². The number of ether oxygens (including phenoxy) is 1. The van der Waals surface area contributed by atoms with Gasteiger partial charge in [0.25, 0.3) is 0 Å². The van der Waals surface area contributed by atoms with E-state index in [0.717, 1.165) is 18.4 Å². The summed E-state index contributed by atoms with van der Waals surface area (Å²) in [5, 5.41) is 0. The standard InChI is InChI=1S/C20H23FN2O2.ClH/c1-20(22,15-5-3-2-4-6-15)19(24)23-13-11-18(12-14-23)25-17-9-7-16(21)8-10-17;/h2-10,18H,11-14,22H2,1H3;1H. The van der Waals surface area contributed by atoms with Crippen molar-refractivity contribution in [2.45, 2.75) is 31.4 Å². The van der Waals surface area contributed by atoms with Crippen molar-refractivity contribution in [1.29, 1.82) is 0 Å². The van der Waals surface area contributed by atoms with Gasteiger partial charge in [0.05, 0.1) is 0 Å². The monoisotopic (exact) mass is 378 g/mol. The summed E-state index contributed by atoms with van der Waals surface area (Å²) in [4.78, 5) is 14.6. The first-order valence-corrected chi connectivity index (χ1v) is 8.53. The summed E-state index contributed by atoms with van der Waals surface area (Å²) < 4.78 is 18.8. The number of halogens is 2. The molecule has 0 saturated carbocycles. The fourth-order valence-corrected chi connectivity index (χ4v) is 3.12. The lowest BCUT2D eigenvalue weighted by atomic mass is 9.90. The molecule has 2 N–H and O–H groups in total. The highest BCUT2D eigenvalue weighted by atomic mass is 35.5. The van der Waals surface area contributed by atoms with Crippen LogP contribution in [-0.4, -0.2) is 30.0 Å². The molecule has 0 bridgehead atoms. The number of carbonyl (C=O) groups excluding carboxylic acids is 1. The van der Waals surface area contributed by atoms with E-state index in [1.165, 1.54) is 12.1 Å². The molecule has 6 heteroatoms. The highest BCUT2D eigenvalue weighted by Gasteiger charge is 2.36. The van der Waals surface area contributed by atoms with E-state index in [1.807, 2.05) is 30.3 Å². The molecule has 140 valence electrons. The van der Waals surface area contributed by atoms with Crippen molar-refractivity contribution >= 4 is 18.3 Å². The Bertz CT molecular complexity index is 714. The van der Waals surface area contributed by atoms with Gasteiger partial charge in [-0.3, -0.25) is 4.79 Å². The van der Waals surface area contributed by atoms with Crippen LogP contribution in [0.15, 0.2) is 54.6 Å². The van der Waals surface area contributed by atoms with E-state index in [-0.39, 0.29) is 30.2 Å². The summed E-state index contributed by atoms with van der Waals surface area (Å²) in [5.74, 6) is 0.300. The first-order valence-electron chi connectivity index (χ1n) is 8.53. The Kier molecular flexibility index (Phi) is 6.62. The quantitative estimate of drug-likeness (QED) is 0.886. The molecule has 1 atom stereocenters. The fourth-order valence-electron chi connectivity index (χ4n) is 3.12. The first kappa shape index (κ1) is 20.2. The van der Waals surface area contributed by atoms with E-state index >= 15 is 0 Å². The molecular formula is C20H24ClFN2O2. The lowest BCUT2D eigenvalue weighted by Gasteiger charge is -2.37. The average molecular weight is 379 g/mol. The Morgan fingerprint density at radius 2 is 1.69 bits per heavy atom. The highest BCUT2D eigenvalue weighted by Crippen LogP contribution is 2.24. The van der Waals surface area contributed by atoms with E-state index in [0.29, 0.717) is 18.8 Å². The predicted octanol–water partition coefficient (Wildman–Crippen LogP) is 3.49. The van der Waals surface area contributed by atoms with Crippen LogP contribution in [0.4, 0.5) is 4.39 Å². The first-order chi connectivity index (χ1) is 12.0. The number of amides is 1. The van der Waals surface area contributed by atoms with Gasteiger partial charge in [-0.1, -0.05) is 30.3 Å². The van der Waals surface area contributed by atoms with Gasteiger partial charge >= 0.3 is 0 Å². The van der Waals surface area contributed by atoms with Crippen molar-refractivity contribution in [3.05, 3.63) is 66.0 Å². The number of rotatable bonds is 4. The lowest BCUT2D eigenvalue weighted by molar-refractivity contribution is -0.138. The van der Waals surface area contributed by atoms with Gasteiger partial charge in [-0.2, -0.15) is 0 Å². The Morgan fingerprint density at radius 1 is 1.12 bits per heavy atom. The molecule has 26 heavy (non-hydrogen) atoms. The van der Waals surface area contributed by atoms with Crippen molar-refractivity contribution < 1.29 is 13.9 Å². The average Bonchev–Trinajstić information content (AvgIpc) is 2.64. The number of likely N-dealkylation sites (tertiary alicyclic amines) is 1. The molecule has 1 unspecified atom stereocenters. The van der Waals surface area contributed by atoms with Crippen LogP contribution >= 0.6 is 12.4 Å². The van der Waals surface area contributed by atoms with E-state index in [9.17, 15) is 9.18 Å². The zero-order chi connectivity index (χ0) is 17.9. The van der Waals surface area contributed by atoms with Gasteiger partial charge in [-0.15, -0.1) is 12.4 Å². The van der Waals surface area contributed by atoms with Gasteiger partial charge in [0.2, 0.25) is 5.91 Å². The van der Waals surface area contributed by atoms with Crippen LogP contribution in [0.25, 0.3) is 0 Å². The topological polar surface area (TPSA) is 55.6 Å². The van der Waals surface area contributed by atoms with Crippen LogP contribution in [0.2, 0.25) is 0 Å². The van der Waals surface area contributed by atoms with Crippen LogP contribution in [0, 0.1) is 5.82 Å². The molecular weight excluding hydrogens is 355 g/mol. The molecule has 0 aliphatic carbocycles. The van der Waals surface area contributed by atoms with Gasteiger partial charge < -0.3 is 15.4 Å². The largest absolute Gasteiger partial charge is 0.490 e. The van der Waals surface area contributed by atoms with Gasteiger partial charge in [0.15, 0.2) is 0 Å². The van der Waals surface area contributed by atoms with E-state index < -0.39 is 5.54 Å². The molecule has 1 saturated heterocycles. The minimum atomic E-state index is -1.04. The molecule has 3 rings (SSSR count). The molecule has 1 aliphatic rings. The fraction of sp³-hybridized carbons (Fsp3) is 0.350. The second-order valence-electron chi connectivity index (χ2n) is 6.63. The minimum absolute atomic E-state index is 0. The number of benzene rings is 2. The maximum atomic E-state index is 12.9. The number of hydrogen-bond acceptors (Lipinski definition) is 3. The van der Waals surface area contributed by atoms with Crippen molar-refractivity contribution in [1.82, 2.24) is 4.90 Å². The maximum absolute atomic E-state index is 12.9. The summed E-state index contributed by atoms with van der Waals surface area (Å²) in [6.07, 6.45) is 1.48. The molecule has 1 aliphatic heterocycles. The van der Waals surface area contributed by atoms with Gasteiger partial charge in [-0.05, 0) is 36.8 Å². The molecule has 0 spiro atoms. The highest BCUT2D eigenvalue weighted by molar-refractivity contribution is 5.87. The van der Waals surface area contributed by atoms with E-state index in [1.54, 1.807) is 24.0 Å². The Labute approximate surface area is 159 Å².